The highest BCUT2D eigenvalue weighted by atomic mass is 16.6. The zero-order valence-electron chi connectivity index (χ0n) is 25.8. The maximum atomic E-state index is 13.1. The van der Waals surface area contributed by atoms with E-state index >= 15 is 0 Å². The number of rotatable bonds is 14. The van der Waals surface area contributed by atoms with Gasteiger partial charge in [0.15, 0.2) is 5.60 Å². The molecule has 1 N–H and O–H groups in total. The molecular weight excluding hydrogens is 472 g/mol. The van der Waals surface area contributed by atoms with Gasteiger partial charge in [-0.15, -0.1) is 0 Å². The minimum Gasteiger partial charge on any atom is -0.465 e. The third-order valence-corrected chi connectivity index (χ3v) is 7.71. The van der Waals surface area contributed by atoms with Gasteiger partial charge in [0.05, 0.1) is 32.7 Å². The van der Waals surface area contributed by atoms with Crippen LogP contribution in [0.2, 0.25) is 0 Å². The molecule has 0 spiro atoms. The van der Waals surface area contributed by atoms with Crippen molar-refractivity contribution < 1.29 is 33.7 Å². The number of carbonyl (C=O) groups excluding carboxylic acids is 3. The summed E-state index contributed by atoms with van der Waals surface area (Å²) >= 11 is 0. The van der Waals surface area contributed by atoms with E-state index in [-0.39, 0.29) is 53.8 Å². The fourth-order valence-electron chi connectivity index (χ4n) is 4.42. The summed E-state index contributed by atoms with van der Waals surface area (Å²) in [5.74, 6) is -2.23. The molecule has 7 nitrogen and oxygen atoms in total. The summed E-state index contributed by atoms with van der Waals surface area (Å²) in [5.41, 5.74) is -2.62. The van der Waals surface area contributed by atoms with Gasteiger partial charge in [-0.25, -0.2) is 4.79 Å². The maximum absolute atomic E-state index is 13.1. The summed E-state index contributed by atoms with van der Waals surface area (Å²) in [6.45, 7) is 25.0. The zero-order valence-corrected chi connectivity index (χ0v) is 25.8. The van der Waals surface area contributed by atoms with Gasteiger partial charge in [-0.3, -0.25) is 9.59 Å². The van der Waals surface area contributed by atoms with Crippen LogP contribution in [0.15, 0.2) is 0 Å². The molecule has 0 heterocycles. The van der Waals surface area contributed by atoms with Crippen LogP contribution in [0, 0.1) is 34.0 Å². The van der Waals surface area contributed by atoms with Crippen molar-refractivity contribution in [1.82, 2.24) is 0 Å². The van der Waals surface area contributed by atoms with Gasteiger partial charge in [-0.1, -0.05) is 83.1 Å². The first kappa shape index (κ1) is 35.4. The molecule has 0 aromatic rings. The highest BCUT2D eigenvalue weighted by Crippen LogP contribution is 2.32. The van der Waals surface area contributed by atoms with Gasteiger partial charge in [0.1, 0.15) is 0 Å². The van der Waals surface area contributed by atoms with E-state index in [9.17, 15) is 19.5 Å². The molecule has 0 aromatic carbocycles. The number of hydrogen-bond donors (Lipinski definition) is 1. The molecule has 0 aliphatic carbocycles. The van der Waals surface area contributed by atoms with Gasteiger partial charge in [0, 0.05) is 0 Å². The average molecular weight is 529 g/mol. The van der Waals surface area contributed by atoms with E-state index in [4.69, 9.17) is 14.2 Å². The smallest absolute Gasteiger partial charge is 0.339 e. The molecule has 0 aliphatic rings. The lowest BCUT2D eigenvalue weighted by atomic mass is 9.79. The Kier molecular flexibility index (Phi) is 13.9. The van der Waals surface area contributed by atoms with E-state index in [1.807, 2.05) is 20.8 Å². The second kappa shape index (κ2) is 14.5. The molecule has 0 saturated heterocycles. The fourth-order valence-corrected chi connectivity index (χ4v) is 4.42. The van der Waals surface area contributed by atoms with Gasteiger partial charge >= 0.3 is 17.9 Å². The average Bonchev–Trinajstić information content (AvgIpc) is 2.71. The lowest BCUT2D eigenvalue weighted by molar-refractivity contribution is -0.180. The Morgan fingerprint density at radius 3 is 1.08 bits per heavy atom. The fraction of sp³-hybridized carbons (Fsp3) is 0.900. The van der Waals surface area contributed by atoms with Crippen LogP contribution in [0.3, 0.4) is 0 Å². The highest BCUT2D eigenvalue weighted by Gasteiger charge is 2.44. The second-order valence-corrected chi connectivity index (χ2v) is 13.8. The zero-order chi connectivity index (χ0) is 29.2. The van der Waals surface area contributed by atoms with Gasteiger partial charge in [-0.2, -0.15) is 0 Å². The van der Waals surface area contributed by atoms with Crippen molar-refractivity contribution in [3.63, 3.8) is 0 Å². The third-order valence-electron chi connectivity index (χ3n) is 7.71. The van der Waals surface area contributed by atoms with Crippen molar-refractivity contribution in [3.8, 4) is 0 Å². The van der Waals surface area contributed by atoms with E-state index in [0.29, 0.717) is 0 Å². The van der Waals surface area contributed by atoms with E-state index < -0.39 is 36.4 Å². The summed E-state index contributed by atoms with van der Waals surface area (Å²) in [7, 11) is 0. The quantitative estimate of drug-likeness (QED) is 0.207. The van der Waals surface area contributed by atoms with Crippen LogP contribution < -0.4 is 0 Å². The molecule has 0 fully saturated rings. The van der Waals surface area contributed by atoms with Gasteiger partial charge < -0.3 is 19.3 Å². The molecule has 0 saturated carbocycles. The topological polar surface area (TPSA) is 99.1 Å². The molecule has 0 aromatic heterocycles. The molecule has 7 heteroatoms. The molecule has 3 unspecified atom stereocenters. The molecule has 0 radical (unpaired) electrons. The Hall–Kier alpha value is -1.63. The first-order valence-electron chi connectivity index (χ1n) is 13.9. The predicted octanol–water partition coefficient (Wildman–Crippen LogP) is 6.34. The van der Waals surface area contributed by atoms with Crippen LogP contribution >= 0.6 is 0 Å². The Morgan fingerprint density at radius 1 is 0.568 bits per heavy atom. The maximum Gasteiger partial charge on any atom is 0.339 e. The highest BCUT2D eigenvalue weighted by molar-refractivity contribution is 5.90. The Morgan fingerprint density at radius 2 is 0.838 bits per heavy atom. The minimum atomic E-state index is -2.36. The molecule has 3 atom stereocenters. The number of esters is 3. The van der Waals surface area contributed by atoms with Crippen molar-refractivity contribution in [2.45, 2.75) is 121 Å². The molecule has 0 rings (SSSR count). The summed E-state index contributed by atoms with van der Waals surface area (Å²) in [6.07, 6.45) is 1.05. The van der Waals surface area contributed by atoms with Gasteiger partial charge in [0.25, 0.3) is 0 Å². The van der Waals surface area contributed by atoms with Crippen LogP contribution in [-0.4, -0.2) is 48.4 Å². The predicted molar refractivity (Wildman–Crippen MR) is 147 cm³/mol. The van der Waals surface area contributed by atoms with Crippen LogP contribution in [0.25, 0.3) is 0 Å². The van der Waals surface area contributed by atoms with Crippen molar-refractivity contribution >= 4 is 17.9 Å². The third kappa shape index (κ3) is 12.6. The van der Waals surface area contributed by atoms with Crippen molar-refractivity contribution in [2.24, 2.45) is 34.0 Å². The molecule has 0 aliphatic heterocycles. The van der Waals surface area contributed by atoms with Crippen molar-refractivity contribution in [1.29, 1.82) is 0 Å². The molecule has 0 amide bonds. The normalized spacial score (nSPS) is 16.8. The Bertz CT molecular complexity index is 682. The monoisotopic (exact) mass is 528 g/mol. The van der Waals surface area contributed by atoms with E-state index in [1.54, 1.807) is 0 Å². The Labute approximate surface area is 226 Å². The van der Waals surface area contributed by atoms with Gasteiger partial charge in [-0.05, 0) is 53.3 Å². The van der Waals surface area contributed by atoms with Crippen LogP contribution in [0.1, 0.15) is 115 Å². The van der Waals surface area contributed by atoms with Crippen LogP contribution in [0.4, 0.5) is 0 Å². The first-order chi connectivity index (χ1) is 16.7. The minimum absolute atomic E-state index is 0.0498. The summed E-state index contributed by atoms with van der Waals surface area (Å²) in [6, 6.07) is 0. The molecular formula is C30H56O7. The van der Waals surface area contributed by atoms with Crippen LogP contribution in [-0.2, 0) is 28.6 Å². The SMILES string of the molecule is CCC(COC(=O)CC(O)(CC(=O)OCC(CC)C(C)(C)C)C(=O)OCC(CC)C(C)(C)C)C(C)(C)C. The van der Waals surface area contributed by atoms with Crippen LogP contribution in [0.5, 0.6) is 0 Å². The molecule has 218 valence electrons. The second-order valence-electron chi connectivity index (χ2n) is 13.8. The standard InChI is InChI=1S/C30H56O7/c1-13-21(27(4,5)6)18-35-24(31)16-30(34,26(33)37-20-23(15-3)29(10,11)12)17-25(32)36-19-22(14-2)28(7,8)9/h21-23,34H,13-20H2,1-12H3. The largest absolute Gasteiger partial charge is 0.465 e. The van der Waals surface area contributed by atoms with E-state index in [2.05, 4.69) is 62.3 Å². The van der Waals surface area contributed by atoms with E-state index in [0.717, 1.165) is 19.3 Å². The molecule has 37 heavy (non-hydrogen) atoms. The lowest BCUT2D eigenvalue weighted by Gasteiger charge is -2.32. The summed E-state index contributed by atoms with van der Waals surface area (Å²) in [4.78, 5) is 38.6. The van der Waals surface area contributed by atoms with Gasteiger partial charge in [0.2, 0.25) is 0 Å². The summed E-state index contributed by atoms with van der Waals surface area (Å²) in [5, 5.41) is 11.3. The summed E-state index contributed by atoms with van der Waals surface area (Å²) < 4.78 is 16.4. The number of hydrogen-bond acceptors (Lipinski definition) is 7. The lowest BCUT2D eigenvalue weighted by Crippen LogP contribution is -2.46. The van der Waals surface area contributed by atoms with Crippen molar-refractivity contribution in [2.75, 3.05) is 19.8 Å². The number of carbonyl (C=O) groups is 3. The van der Waals surface area contributed by atoms with Crippen molar-refractivity contribution in [3.05, 3.63) is 0 Å². The number of aliphatic hydroxyl groups is 1. The number of ether oxygens (including phenoxy) is 3. The molecule has 0 bridgehead atoms. The first-order valence-corrected chi connectivity index (χ1v) is 13.9. The Balaban J connectivity index is 5.60. The van der Waals surface area contributed by atoms with E-state index in [1.165, 1.54) is 0 Å².